The van der Waals surface area contributed by atoms with E-state index in [1.54, 1.807) is 20.0 Å². The van der Waals surface area contributed by atoms with E-state index in [1.807, 2.05) is 82.3 Å². The molecule has 0 aliphatic carbocycles. The molecule has 0 bridgehead atoms. The molecule has 13 nitrogen and oxygen atoms in total. The van der Waals surface area contributed by atoms with Crippen LogP contribution in [0.3, 0.4) is 0 Å². The fourth-order valence-corrected chi connectivity index (χ4v) is 8.13. The van der Waals surface area contributed by atoms with Crippen molar-refractivity contribution in [3.05, 3.63) is 48.2 Å². The van der Waals surface area contributed by atoms with Crippen LogP contribution in [0.25, 0.3) is 17.0 Å². The van der Waals surface area contributed by atoms with Crippen molar-refractivity contribution in [1.82, 2.24) is 20.5 Å². The first-order valence-corrected chi connectivity index (χ1v) is 19.4. The minimum atomic E-state index is -3.12. The van der Waals surface area contributed by atoms with Gasteiger partial charge >= 0.3 is 12.1 Å². The Bertz CT molecular complexity index is 1690. The molecule has 3 fully saturated rings. The molecule has 3 saturated heterocycles. The molecule has 3 aliphatic heterocycles. The van der Waals surface area contributed by atoms with Crippen LogP contribution < -0.4 is 10.6 Å². The van der Waals surface area contributed by atoms with Gasteiger partial charge in [-0.3, -0.25) is 9.78 Å². The van der Waals surface area contributed by atoms with E-state index < -0.39 is 71.8 Å². The molecule has 0 spiro atoms. The number of pyridine rings is 1. The van der Waals surface area contributed by atoms with Crippen LogP contribution in [0, 0.1) is 11.8 Å². The lowest BCUT2D eigenvalue weighted by Gasteiger charge is -2.44. The number of Topliss-reactive ketones (excluding diaryl/α,β-unsaturated/α-hetero) is 1. The number of ether oxygens (including phenoxy) is 5. The molecule has 1 amide bonds. The number of hydrogen-bond donors (Lipinski definition) is 3. The first kappa shape index (κ1) is 42.6. The van der Waals surface area contributed by atoms with Gasteiger partial charge in [0.15, 0.2) is 17.7 Å². The van der Waals surface area contributed by atoms with Crippen LogP contribution in [0.5, 0.6) is 0 Å². The molecule has 3 unspecified atom stereocenters. The minimum Gasteiger partial charge on any atom is -0.455 e. The number of carbonyl (C=O) groups excluding carboxylic acids is 3. The highest BCUT2D eigenvalue weighted by Gasteiger charge is 2.57. The number of para-hydroxylation sites is 1. The van der Waals surface area contributed by atoms with Crippen LogP contribution in [0.1, 0.15) is 73.3 Å². The zero-order valence-electron chi connectivity index (χ0n) is 33.5. The van der Waals surface area contributed by atoms with Crippen LogP contribution in [0.2, 0.25) is 0 Å². The Morgan fingerprint density at radius 1 is 1.11 bits per heavy atom. The van der Waals surface area contributed by atoms with E-state index in [0.717, 1.165) is 23.4 Å². The highest BCUT2D eigenvalue weighted by atomic mass is 19.1. The number of benzene rings is 1. The van der Waals surface area contributed by atoms with Crippen LogP contribution in [-0.4, -0.2) is 126 Å². The number of hydrogen-bond acceptors (Lipinski definition) is 12. The van der Waals surface area contributed by atoms with E-state index in [4.69, 9.17) is 23.7 Å². The Labute approximate surface area is 323 Å². The summed E-state index contributed by atoms with van der Waals surface area (Å²) in [5.74, 6) is -3.86. The predicted molar refractivity (Wildman–Crippen MR) is 205 cm³/mol. The number of alkyl halides is 1. The fraction of sp³-hybridized carbons (Fsp3) is 0.659. The number of rotatable bonds is 8. The van der Waals surface area contributed by atoms with Gasteiger partial charge in [-0.1, -0.05) is 51.1 Å². The molecule has 1 aromatic carbocycles. The van der Waals surface area contributed by atoms with Gasteiger partial charge < -0.3 is 44.3 Å². The second-order valence-electron chi connectivity index (χ2n) is 16.1. The summed E-state index contributed by atoms with van der Waals surface area (Å²) in [7, 11) is 3.71. The van der Waals surface area contributed by atoms with Gasteiger partial charge in [0, 0.05) is 29.6 Å². The number of aliphatic hydroxyl groups is 1. The van der Waals surface area contributed by atoms with Crippen molar-refractivity contribution in [3.8, 4) is 0 Å². The molecule has 55 heavy (non-hydrogen) atoms. The summed E-state index contributed by atoms with van der Waals surface area (Å²) >= 11 is 0. The number of halogens is 1. The quantitative estimate of drug-likeness (QED) is 0.254. The predicted octanol–water partition coefficient (Wildman–Crippen LogP) is 4.58. The van der Waals surface area contributed by atoms with E-state index in [-0.39, 0.29) is 37.1 Å². The second kappa shape index (κ2) is 17.7. The number of esters is 1. The highest BCUT2D eigenvalue weighted by Crippen LogP contribution is 2.36. The van der Waals surface area contributed by atoms with E-state index in [2.05, 4.69) is 15.6 Å². The SMILES string of the molecule is CC[C@H]1OC(=O)C(C)(F)C(=O)[C@H](C)[C@@H](O[C@@H]2O[C@H](C)CC(N(C)C)C2O)[C@H](OC/C=C/c2cnc3ccccc3c2)C[C@@H](C)CN[C@H](C)[C@H]2NC(=O)O[C@@]21C. The smallest absolute Gasteiger partial charge is 0.408 e. The summed E-state index contributed by atoms with van der Waals surface area (Å²) in [6.07, 6.45) is 0.199. The maximum absolute atomic E-state index is 16.8. The molecule has 13 atom stereocenters. The zero-order valence-corrected chi connectivity index (χ0v) is 33.5. The molecule has 1 aromatic heterocycles. The van der Waals surface area contributed by atoms with Gasteiger partial charge in [-0.05, 0) is 91.2 Å². The van der Waals surface area contributed by atoms with Gasteiger partial charge in [-0.2, -0.15) is 0 Å². The van der Waals surface area contributed by atoms with Gasteiger partial charge in [-0.25, -0.2) is 14.0 Å². The molecule has 14 heteroatoms. The summed E-state index contributed by atoms with van der Waals surface area (Å²) in [6, 6.07) is 8.49. The van der Waals surface area contributed by atoms with E-state index in [1.165, 1.54) is 6.92 Å². The van der Waals surface area contributed by atoms with Crippen LogP contribution in [0.4, 0.5) is 9.18 Å². The van der Waals surface area contributed by atoms with Gasteiger partial charge in [0.25, 0.3) is 5.67 Å². The first-order valence-electron chi connectivity index (χ1n) is 19.4. The lowest BCUT2D eigenvalue weighted by Crippen LogP contribution is -2.60. The standard InChI is InChI=1S/C41H59FN4O9/c1-10-32-41(7)35(45-39(50)55-41)26(5)43-21-23(2)18-31(51-17-13-14-27-20-28-15-11-12-16-29(28)44-22-27)34(25(4)36(48)40(6,42)38(49)53-32)54-37-33(47)30(46(8)9)19-24(3)52-37/h11-16,20,22-26,30-35,37,43,47H,10,17-19,21H2,1-9H3,(H,45,50)/b14-13+/t23-,24-,25-,26-,30?,31-,32-,33?,34-,35-,37+,40?,41-/m1/s1. The molecule has 3 N–H and O–H groups in total. The van der Waals surface area contributed by atoms with Crippen molar-refractivity contribution in [3.63, 3.8) is 0 Å². The number of alkyl carbamates (subject to hydrolysis) is 1. The number of ketones is 1. The molecule has 2 aromatic rings. The zero-order chi connectivity index (χ0) is 40.2. The maximum Gasteiger partial charge on any atom is 0.408 e. The molecular formula is C41H59FN4O9. The number of aromatic nitrogens is 1. The lowest BCUT2D eigenvalue weighted by molar-refractivity contribution is -0.285. The number of fused-ring (bicyclic) bond motifs is 2. The number of aliphatic hydroxyl groups excluding tert-OH is 1. The maximum atomic E-state index is 16.8. The van der Waals surface area contributed by atoms with Crippen molar-refractivity contribution in [2.45, 2.75) is 134 Å². The van der Waals surface area contributed by atoms with Crippen LogP contribution >= 0.6 is 0 Å². The van der Waals surface area contributed by atoms with Crippen molar-refractivity contribution >= 4 is 34.8 Å². The summed E-state index contributed by atoms with van der Waals surface area (Å²) in [5, 5.41) is 18.8. The third-order valence-corrected chi connectivity index (χ3v) is 11.4. The van der Waals surface area contributed by atoms with Gasteiger partial charge in [0.2, 0.25) is 0 Å². The average molecular weight is 771 g/mol. The number of carbonyl (C=O) groups is 3. The van der Waals surface area contributed by atoms with Crippen LogP contribution in [-0.2, 0) is 33.3 Å². The number of likely N-dealkylation sites (N-methyl/N-ethyl adjacent to an activating group) is 1. The van der Waals surface area contributed by atoms with Crippen molar-refractivity contribution in [2.75, 3.05) is 27.2 Å². The number of nitrogens with zero attached hydrogens (tertiary/aromatic N) is 2. The molecule has 0 radical (unpaired) electrons. The fourth-order valence-electron chi connectivity index (χ4n) is 8.13. The topological polar surface area (TPSA) is 158 Å². The summed E-state index contributed by atoms with van der Waals surface area (Å²) in [4.78, 5) is 47.0. The van der Waals surface area contributed by atoms with Gasteiger partial charge in [0.05, 0.1) is 36.5 Å². The lowest BCUT2D eigenvalue weighted by atomic mass is 9.84. The summed E-state index contributed by atoms with van der Waals surface area (Å²) in [5.41, 5.74) is -2.74. The second-order valence-corrected chi connectivity index (χ2v) is 16.1. The largest absolute Gasteiger partial charge is 0.455 e. The average Bonchev–Trinajstić information content (AvgIpc) is 3.46. The van der Waals surface area contributed by atoms with Crippen LogP contribution in [0.15, 0.2) is 42.6 Å². The third-order valence-electron chi connectivity index (χ3n) is 11.4. The first-order chi connectivity index (χ1) is 26.0. The Kier molecular flexibility index (Phi) is 13.7. The van der Waals surface area contributed by atoms with E-state index >= 15 is 4.39 Å². The molecule has 3 aliphatic rings. The minimum absolute atomic E-state index is 0.0938. The molecule has 304 valence electrons. The Morgan fingerprint density at radius 3 is 2.55 bits per heavy atom. The molecule has 0 saturated carbocycles. The monoisotopic (exact) mass is 770 g/mol. The highest BCUT2D eigenvalue weighted by molar-refractivity contribution is 6.07. The van der Waals surface area contributed by atoms with Crippen molar-refractivity contribution in [2.24, 2.45) is 11.8 Å². The Hall–Kier alpha value is -3.53. The normalized spacial score (nSPS) is 38.3. The number of cyclic esters (lactones) is 1. The van der Waals surface area contributed by atoms with Gasteiger partial charge in [-0.15, -0.1) is 0 Å². The van der Waals surface area contributed by atoms with Gasteiger partial charge in [0.1, 0.15) is 12.2 Å². The van der Waals surface area contributed by atoms with E-state index in [9.17, 15) is 19.5 Å². The molecule has 5 rings (SSSR count). The number of nitrogens with one attached hydrogen (secondary N) is 2. The summed E-state index contributed by atoms with van der Waals surface area (Å²) in [6.45, 7) is 12.1. The van der Waals surface area contributed by atoms with E-state index in [0.29, 0.717) is 19.4 Å². The summed E-state index contributed by atoms with van der Waals surface area (Å²) < 4.78 is 47.5. The Morgan fingerprint density at radius 2 is 1.84 bits per heavy atom. The Balaban J connectivity index is 1.50. The molecule has 4 heterocycles. The van der Waals surface area contributed by atoms with Crippen molar-refractivity contribution < 1.29 is 47.6 Å². The molecular weight excluding hydrogens is 711 g/mol. The van der Waals surface area contributed by atoms with Crippen molar-refractivity contribution in [1.29, 1.82) is 0 Å². The third kappa shape index (κ3) is 9.54. The number of amides is 1.